The second-order valence-electron chi connectivity index (χ2n) is 6.35. The molecule has 0 bridgehead atoms. The van der Waals surface area contributed by atoms with Gasteiger partial charge in [0, 0.05) is 19.2 Å². The van der Waals surface area contributed by atoms with E-state index in [-0.39, 0.29) is 5.56 Å². The van der Waals surface area contributed by atoms with Gasteiger partial charge in [-0.25, -0.2) is 4.98 Å². The minimum Gasteiger partial charge on any atom is -0.496 e. The molecule has 0 spiro atoms. The molecule has 0 amide bonds. The first-order valence-electron chi connectivity index (χ1n) is 8.71. The van der Waals surface area contributed by atoms with E-state index in [2.05, 4.69) is 14.9 Å². The fourth-order valence-electron chi connectivity index (χ4n) is 3.49. The van der Waals surface area contributed by atoms with Gasteiger partial charge in [-0.15, -0.1) is 0 Å². The molecule has 6 nitrogen and oxygen atoms in total. The van der Waals surface area contributed by atoms with Crippen molar-refractivity contribution in [3.8, 4) is 22.9 Å². The van der Waals surface area contributed by atoms with Crippen LogP contribution in [0.3, 0.4) is 0 Å². The molecular formula is C20H21N3O3. The van der Waals surface area contributed by atoms with Gasteiger partial charge in [0.2, 0.25) is 0 Å². The van der Waals surface area contributed by atoms with Crippen molar-refractivity contribution in [1.29, 1.82) is 0 Å². The minimum atomic E-state index is -0.171. The molecule has 4 rings (SSSR count). The van der Waals surface area contributed by atoms with Crippen LogP contribution < -0.4 is 19.9 Å². The highest BCUT2D eigenvalue weighted by atomic mass is 16.5. The van der Waals surface area contributed by atoms with Gasteiger partial charge in [-0.3, -0.25) is 4.79 Å². The third-order valence-electron chi connectivity index (χ3n) is 4.82. The molecule has 0 unspecified atom stereocenters. The second-order valence-corrected chi connectivity index (χ2v) is 6.35. The maximum absolute atomic E-state index is 12.4. The number of anilines is 1. The first-order valence-corrected chi connectivity index (χ1v) is 8.71. The van der Waals surface area contributed by atoms with E-state index in [4.69, 9.17) is 9.47 Å². The first kappa shape index (κ1) is 16.4. The van der Waals surface area contributed by atoms with E-state index < -0.39 is 0 Å². The van der Waals surface area contributed by atoms with Crippen LogP contribution in [0.4, 0.5) is 5.69 Å². The quantitative estimate of drug-likeness (QED) is 0.782. The van der Waals surface area contributed by atoms with E-state index in [0.717, 1.165) is 24.5 Å². The molecule has 3 aromatic rings. The Labute approximate surface area is 151 Å². The number of hydrogen-bond donors (Lipinski definition) is 1. The number of aromatic nitrogens is 2. The molecule has 2 heterocycles. The van der Waals surface area contributed by atoms with E-state index in [0.29, 0.717) is 28.0 Å². The maximum Gasteiger partial charge on any atom is 0.259 e. The number of rotatable bonds is 4. The number of aromatic amines is 1. The highest BCUT2D eigenvalue weighted by molar-refractivity contribution is 5.81. The van der Waals surface area contributed by atoms with Crippen molar-refractivity contribution in [3.05, 3.63) is 46.8 Å². The number of nitrogens with one attached hydrogen (secondary N) is 1. The summed E-state index contributed by atoms with van der Waals surface area (Å²) in [6.45, 7) is 2.01. The predicted octanol–water partition coefficient (Wildman–Crippen LogP) is 3.21. The van der Waals surface area contributed by atoms with Crippen LogP contribution in [0.2, 0.25) is 0 Å². The third-order valence-corrected chi connectivity index (χ3v) is 4.82. The summed E-state index contributed by atoms with van der Waals surface area (Å²) in [5, 5.41) is 0.566. The molecule has 134 valence electrons. The van der Waals surface area contributed by atoms with Gasteiger partial charge in [0.1, 0.15) is 17.3 Å². The largest absolute Gasteiger partial charge is 0.496 e. The summed E-state index contributed by atoms with van der Waals surface area (Å²) in [5.41, 5.74) is 2.19. The van der Waals surface area contributed by atoms with Gasteiger partial charge in [-0.2, -0.15) is 0 Å². The molecular weight excluding hydrogens is 330 g/mol. The molecule has 0 radical (unpaired) electrons. The Bertz CT molecular complexity index is 1010. The Balaban J connectivity index is 1.89. The SMILES string of the molecule is COc1cc(N2CCCC2)c(OC)cc1-c1nc2ccccc2c(=O)[nH]1. The molecule has 26 heavy (non-hydrogen) atoms. The van der Waals surface area contributed by atoms with Crippen LogP contribution in [0.5, 0.6) is 11.5 Å². The van der Waals surface area contributed by atoms with E-state index in [1.54, 1.807) is 20.3 Å². The van der Waals surface area contributed by atoms with E-state index >= 15 is 0 Å². The number of H-pyrrole nitrogens is 1. The average molecular weight is 351 g/mol. The molecule has 0 saturated carbocycles. The number of hydrogen-bond acceptors (Lipinski definition) is 5. The average Bonchev–Trinajstić information content (AvgIpc) is 3.21. The lowest BCUT2D eigenvalue weighted by atomic mass is 10.1. The highest BCUT2D eigenvalue weighted by Gasteiger charge is 2.21. The molecule has 1 N–H and O–H groups in total. The lowest BCUT2D eigenvalue weighted by molar-refractivity contribution is 0.404. The molecule has 1 aromatic heterocycles. The fraction of sp³-hybridized carbons (Fsp3) is 0.300. The van der Waals surface area contributed by atoms with Crippen molar-refractivity contribution in [2.24, 2.45) is 0 Å². The number of methoxy groups -OCH3 is 2. The zero-order valence-electron chi connectivity index (χ0n) is 14.9. The molecule has 1 aliphatic heterocycles. The van der Waals surface area contributed by atoms with Gasteiger partial charge in [0.25, 0.3) is 5.56 Å². The Morgan fingerprint density at radius 2 is 1.77 bits per heavy atom. The Kier molecular flexibility index (Phi) is 4.24. The molecule has 6 heteroatoms. The number of fused-ring (bicyclic) bond motifs is 1. The first-order chi connectivity index (χ1) is 12.7. The normalized spacial score (nSPS) is 14.0. The van der Waals surface area contributed by atoms with Crippen LogP contribution >= 0.6 is 0 Å². The summed E-state index contributed by atoms with van der Waals surface area (Å²) in [6.07, 6.45) is 2.35. The van der Waals surface area contributed by atoms with Crippen LogP contribution in [0.1, 0.15) is 12.8 Å². The lowest BCUT2D eigenvalue weighted by Crippen LogP contribution is -2.18. The van der Waals surface area contributed by atoms with Crippen LogP contribution in [0.15, 0.2) is 41.2 Å². The third kappa shape index (κ3) is 2.77. The second kappa shape index (κ2) is 6.71. The van der Waals surface area contributed by atoms with Crippen molar-refractivity contribution in [2.75, 3.05) is 32.2 Å². The molecule has 0 aliphatic carbocycles. The Morgan fingerprint density at radius 3 is 2.50 bits per heavy atom. The minimum absolute atomic E-state index is 0.171. The highest BCUT2D eigenvalue weighted by Crippen LogP contribution is 2.40. The van der Waals surface area contributed by atoms with Gasteiger partial charge in [0.15, 0.2) is 0 Å². The lowest BCUT2D eigenvalue weighted by Gasteiger charge is -2.22. The molecule has 1 aliphatic rings. The standard InChI is InChI=1S/C20H21N3O3/c1-25-17-12-16(23-9-5-6-10-23)18(26-2)11-14(17)19-21-15-8-4-3-7-13(15)20(24)22-19/h3-4,7-8,11-12H,5-6,9-10H2,1-2H3,(H,21,22,24). The zero-order chi connectivity index (χ0) is 18.1. The van der Waals surface area contributed by atoms with Crippen molar-refractivity contribution in [2.45, 2.75) is 12.8 Å². The Hall–Kier alpha value is -3.02. The molecule has 2 aromatic carbocycles. The number of para-hydroxylation sites is 1. The van der Waals surface area contributed by atoms with E-state index in [1.807, 2.05) is 30.3 Å². The van der Waals surface area contributed by atoms with Crippen molar-refractivity contribution in [3.63, 3.8) is 0 Å². The maximum atomic E-state index is 12.4. The summed E-state index contributed by atoms with van der Waals surface area (Å²) >= 11 is 0. The fourth-order valence-corrected chi connectivity index (χ4v) is 3.49. The zero-order valence-corrected chi connectivity index (χ0v) is 14.9. The summed E-state index contributed by atoms with van der Waals surface area (Å²) in [6, 6.07) is 11.1. The number of benzene rings is 2. The summed E-state index contributed by atoms with van der Waals surface area (Å²) < 4.78 is 11.2. The molecule has 1 fully saturated rings. The number of nitrogens with zero attached hydrogens (tertiary/aromatic N) is 2. The van der Waals surface area contributed by atoms with Crippen molar-refractivity contribution in [1.82, 2.24) is 9.97 Å². The van der Waals surface area contributed by atoms with Crippen molar-refractivity contribution < 1.29 is 9.47 Å². The molecule has 1 saturated heterocycles. The predicted molar refractivity (Wildman–Crippen MR) is 102 cm³/mol. The smallest absolute Gasteiger partial charge is 0.259 e. The van der Waals surface area contributed by atoms with Gasteiger partial charge in [-0.05, 0) is 31.0 Å². The monoisotopic (exact) mass is 351 g/mol. The van der Waals surface area contributed by atoms with Gasteiger partial charge < -0.3 is 19.4 Å². The van der Waals surface area contributed by atoms with Crippen LogP contribution in [-0.2, 0) is 0 Å². The van der Waals surface area contributed by atoms with Gasteiger partial charge in [0.05, 0.1) is 36.4 Å². The van der Waals surface area contributed by atoms with Gasteiger partial charge >= 0.3 is 0 Å². The molecule has 0 atom stereocenters. The topological polar surface area (TPSA) is 67.5 Å². The van der Waals surface area contributed by atoms with Crippen molar-refractivity contribution >= 4 is 16.6 Å². The van der Waals surface area contributed by atoms with E-state index in [9.17, 15) is 4.79 Å². The van der Waals surface area contributed by atoms with Gasteiger partial charge in [-0.1, -0.05) is 12.1 Å². The van der Waals surface area contributed by atoms with Crippen LogP contribution in [0.25, 0.3) is 22.3 Å². The van der Waals surface area contributed by atoms with E-state index in [1.165, 1.54) is 12.8 Å². The van der Waals surface area contributed by atoms with Crippen LogP contribution in [-0.4, -0.2) is 37.3 Å². The number of ether oxygens (including phenoxy) is 2. The Morgan fingerprint density at radius 1 is 1.04 bits per heavy atom. The van der Waals surface area contributed by atoms with Crippen LogP contribution in [0, 0.1) is 0 Å². The summed E-state index contributed by atoms with van der Waals surface area (Å²) in [5.74, 6) is 1.88. The summed E-state index contributed by atoms with van der Waals surface area (Å²) in [7, 11) is 3.28. The summed E-state index contributed by atoms with van der Waals surface area (Å²) in [4.78, 5) is 22.2.